The number of pyridine rings is 1. The molecule has 25 heavy (non-hydrogen) atoms. The Balaban J connectivity index is 2.39. The van der Waals surface area contributed by atoms with E-state index in [-0.39, 0.29) is 16.8 Å². The molecule has 8 heteroatoms. The van der Waals surface area contributed by atoms with E-state index in [9.17, 15) is 14.4 Å². The molecule has 0 atom stereocenters. The maximum Gasteiger partial charge on any atom is 0.293 e. The molecule has 2 heterocycles. The number of Topliss-reactive ketones (excluding diaryl/α,β-unsaturated/α-hetero) is 1. The second kappa shape index (κ2) is 7.48. The quantitative estimate of drug-likeness (QED) is 0.484. The molecule has 7 nitrogen and oxygen atoms in total. The van der Waals surface area contributed by atoms with Crippen LogP contribution < -0.4 is 10.6 Å². The summed E-state index contributed by atoms with van der Waals surface area (Å²) in [7, 11) is 1.65. The Morgan fingerprint density at radius 1 is 1.28 bits per heavy atom. The topological polar surface area (TPSA) is 93.1 Å². The van der Waals surface area contributed by atoms with E-state index >= 15 is 0 Å². The van der Waals surface area contributed by atoms with E-state index < -0.39 is 11.7 Å². The first kappa shape index (κ1) is 18.7. The summed E-state index contributed by atoms with van der Waals surface area (Å²) in [5.41, 5.74) is 2.07. The number of aromatic nitrogens is 2. The number of carbonyl (C=O) groups excluding carboxylic acids is 3. The predicted octanol–water partition coefficient (Wildman–Crippen LogP) is 2.26. The zero-order valence-corrected chi connectivity index (χ0v) is 15.2. The number of amides is 2. The highest BCUT2D eigenvalue weighted by Crippen LogP contribution is 2.23. The highest BCUT2D eigenvalue weighted by Gasteiger charge is 2.28. The molecule has 0 spiro atoms. The van der Waals surface area contributed by atoms with E-state index in [4.69, 9.17) is 11.6 Å². The van der Waals surface area contributed by atoms with Crippen molar-refractivity contribution in [1.82, 2.24) is 14.9 Å². The van der Waals surface area contributed by atoms with Gasteiger partial charge in [0.1, 0.15) is 5.15 Å². The van der Waals surface area contributed by atoms with Crippen molar-refractivity contribution in [2.75, 3.05) is 11.9 Å². The molecule has 0 fully saturated rings. The molecule has 2 aromatic rings. The van der Waals surface area contributed by atoms with Crippen molar-refractivity contribution in [2.45, 2.75) is 20.8 Å². The van der Waals surface area contributed by atoms with Crippen LogP contribution in [0.5, 0.6) is 0 Å². The van der Waals surface area contributed by atoms with Gasteiger partial charge in [-0.25, -0.2) is 4.98 Å². The predicted molar refractivity (Wildman–Crippen MR) is 95.1 cm³/mol. The minimum Gasteiger partial charge on any atom is -0.349 e. The van der Waals surface area contributed by atoms with Gasteiger partial charge in [-0.2, -0.15) is 0 Å². The van der Waals surface area contributed by atoms with Gasteiger partial charge in [0.25, 0.3) is 17.6 Å². The van der Waals surface area contributed by atoms with Crippen molar-refractivity contribution < 1.29 is 14.4 Å². The van der Waals surface area contributed by atoms with Crippen LogP contribution in [0.3, 0.4) is 0 Å². The van der Waals surface area contributed by atoms with Crippen molar-refractivity contribution >= 4 is 34.9 Å². The Kier molecular flexibility index (Phi) is 5.58. The highest BCUT2D eigenvalue weighted by molar-refractivity contribution is 6.43. The first-order valence-electron chi connectivity index (χ1n) is 7.69. The zero-order valence-electron chi connectivity index (χ0n) is 14.4. The number of hydrogen-bond acceptors (Lipinski definition) is 4. The summed E-state index contributed by atoms with van der Waals surface area (Å²) >= 11 is 5.82. The van der Waals surface area contributed by atoms with Crippen molar-refractivity contribution in [3.63, 3.8) is 0 Å². The van der Waals surface area contributed by atoms with Crippen LogP contribution in [0.2, 0.25) is 5.15 Å². The first-order chi connectivity index (χ1) is 11.8. The van der Waals surface area contributed by atoms with Gasteiger partial charge < -0.3 is 15.2 Å². The molecule has 2 rings (SSSR count). The summed E-state index contributed by atoms with van der Waals surface area (Å²) in [5.74, 6) is -1.75. The lowest BCUT2D eigenvalue weighted by atomic mass is 10.1. The Morgan fingerprint density at radius 2 is 1.96 bits per heavy atom. The van der Waals surface area contributed by atoms with Crippen LogP contribution in [0.15, 0.2) is 18.3 Å². The van der Waals surface area contributed by atoms with Crippen molar-refractivity contribution in [3.05, 3.63) is 46.0 Å². The Hall–Kier alpha value is -2.67. The average molecular weight is 363 g/mol. The van der Waals surface area contributed by atoms with Crippen molar-refractivity contribution in [2.24, 2.45) is 7.05 Å². The van der Waals surface area contributed by atoms with E-state index in [0.29, 0.717) is 29.1 Å². The van der Waals surface area contributed by atoms with Gasteiger partial charge in [-0.05, 0) is 38.5 Å². The van der Waals surface area contributed by atoms with Crippen LogP contribution in [0.1, 0.15) is 39.0 Å². The maximum atomic E-state index is 12.7. The largest absolute Gasteiger partial charge is 0.349 e. The molecule has 132 valence electrons. The normalized spacial score (nSPS) is 10.4. The van der Waals surface area contributed by atoms with E-state index in [1.807, 2.05) is 0 Å². The monoisotopic (exact) mass is 362 g/mol. The molecule has 2 aromatic heterocycles. The molecular weight excluding hydrogens is 344 g/mol. The van der Waals surface area contributed by atoms with Crippen LogP contribution in [-0.2, 0) is 11.8 Å². The van der Waals surface area contributed by atoms with Gasteiger partial charge in [-0.1, -0.05) is 11.6 Å². The van der Waals surface area contributed by atoms with Crippen molar-refractivity contribution in [3.8, 4) is 0 Å². The number of anilines is 1. The molecule has 0 aliphatic heterocycles. The van der Waals surface area contributed by atoms with Gasteiger partial charge in [-0.15, -0.1) is 0 Å². The van der Waals surface area contributed by atoms with E-state index in [2.05, 4.69) is 15.6 Å². The van der Waals surface area contributed by atoms with Gasteiger partial charge >= 0.3 is 0 Å². The maximum absolute atomic E-state index is 12.7. The summed E-state index contributed by atoms with van der Waals surface area (Å²) in [4.78, 5) is 40.8. The second-order valence-electron chi connectivity index (χ2n) is 5.50. The molecule has 0 aliphatic rings. The number of ketones is 1. The molecule has 0 unspecified atom stereocenters. The number of nitrogens with one attached hydrogen (secondary N) is 2. The van der Waals surface area contributed by atoms with E-state index in [1.165, 1.54) is 12.3 Å². The number of hydrogen-bond donors (Lipinski definition) is 2. The fourth-order valence-electron chi connectivity index (χ4n) is 2.66. The molecule has 0 bridgehead atoms. The lowest BCUT2D eigenvalue weighted by Crippen LogP contribution is -2.32. The third kappa shape index (κ3) is 3.71. The van der Waals surface area contributed by atoms with Crippen LogP contribution in [0.4, 0.5) is 5.69 Å². The SMILES string of the molecule is CCNC(=O)C(=O)c1c(C)c(C(=O)Nc2ccnc(Cl)c2)c(C)n1C. The molecule has 0 aromatic carbocycles. The molecule has 0 saturated carbocycles. The van der Waals surface area contributed by atoms with Gasteiger partial charge in [0, 0.05) is 31.2 Å². The molecule has 0 saturated heterocycles. The number of rotatable bonds is 5. The lowest BCUT2D eigenvalue weighted by Gasteiger charge is -2.06. The summed E-state index contributed by atoms with van der Waals surface area (Å²) < 4.78 is 1.56. The summed E-state index contributed by atoms with van der Waals surface area (Å²) in [6, 6.07) is 3.13. The zero-order chi connectivity index (χ0) is 18.7. The lowest BCUT2D eigenvalue weighted by molar-refractivity contribution is -0.116. The number of halogens is 1. The van der Waals surface area contributed by atoms with E-state index in [1.54, 1.807) is 38.5 Å². The number of carbonyl (C=O) groups is 3. The standard InChI is InChI=1S/C17H19ClN4O3/c1-5-19-17(25)15(23)14-9(2)13(10(3)22(14)4)16(24)21-11-6-7-20-12(18)8-11/h6-8H,5H2,1-4H3,(H,19,25)(H,20,21,24). The van der Waals surface area contributed by atoms with E-state index in [0.717, 1.165) is 0 Å². The molecule has 2 amide bonds. The molecule has 2 N–H and O–H groups in total. The Morgan fingerprint density at radius 3 is 2.56 bits per heavy atom. The van der Waals surface area contributed by atoms with Gasteiger partial charge in [0.05, 0.1) is 11.3 Å². The van der Waals surface area contributed by atoms with Gasteiger partial charge in [0.2, 0.25) is 0 Å². The minimum atomic E-state index is -0.695. The fraction of sp³-hybridized carbons (Fsp3) is 0.294. The highest BCUT2D eigenvalue weighted by atomic mass is 35.5. The number of likely N-dealkylation sites (N-methyl/N-ethyl adjacent to an activating group) is 1. The average Bonchev–Trinajstić information content (AvgIpc) is 2.76. The second-order valence-corrected chi connectivity index (χ2v) is 5.89. The van der Waals surface area contributed by atoms with Crippen LogP contribution in [0.25, 0.3) is 0 Å². The van der Waals surface area contributed by atoms with Crippen LogP contribution in [-0.4, -0.2) is 33.7 Å². The fourth-order valence-corrected chi connectivity index (χ4v) is 2.83. The molecular formula is C17H19ClN4O3. The Labute approximate surface area is 150 Å². The molecule has 0 radical (unpaired) electrons. The third-order valence-corrected chi connectivity index (χ3v) is 4.11. The summed E-state index contributed by atoms with van der Waals surface area (Å²) in [5, 5.41) is 5.46. The summed E-state index contributed by atoms with van der Waals surface area (Å²) in [6.07, 6.45) is 1.48. The van der Waals surface area contributed by atoms with Gasteiger partial charge in [0.15, 0.2) is 0 Å². The van der Waals surface area contributed by atoms with Crippen LogP contribution >= 0.6 is 11.6 Å². The van der Waals surface area contributed by atoms with Crippen molar-refractivity contribution in [1.29, 1.82) is 0 Å². The minimum absolute atomic E-state index is 0.196. The summed E-state index contributed by atoms with van der Waals surface area (Å²) in [6.45, 7) is 5.44. The molecule has 0 aliphatic carbocycles. The Bertz CT molecular complexity index is 858. The van der Waals surface area contributed by atoms with Gasteiger partial charge in [-0.3, -0.25) is 14.4 Å². The smallest absolute Gasteiger partial charge is 0.293 e. The first-order valence-corrected chi connectivity index (χ1v) is 8.07. The van der Waals surface area contributed by atoms with Crippen LogP contribution in [0, 0.1) is 13.8 Å². The third-order valence-electron chi connectivity index (χ3n) is 3.90. The number of nitrogens with zero attached hydrogens (tertiary/aromatic N) is 2.